The molecule has 0 heterocycles. The molecular weight excluding hydrogens is 166 g/mol. The first kappa shape index (κ1) is 10.3. The van der Waals surface area contributed by atoms with Gasteiger partial charge in [-0.3, -0.25) is 4.79 Å². The Morgan fingerprint density at radius 2 is 2.38 bits per heavy atom. The molecule has 0 unspecified atom stereocenters. The second-order valence-electron chi connectivity index (χ2n) is 3.59. The van der Waals surface area contributed by atoms with Crippen LogP contribution in [0.15, 0.2) is 11.6 Å². The van der Waals surface area contributed by atoms with Gasteiger partial charge in [-0.15, -0.1) is 0 Å². The fraction of sp³-hybridized carbons (Fsp3) is 0.700. The molecule has 3 heteroatoms. The third kappa shape index (κ3) is 3.59. The molecule has 0 saturated heterocycles. The molecule has 1 aliphatic carbocycles. The van der Waals surface area contributed by atoms with Gasteiger partial charge in [0.1, 0.15) is 6.04 Å². The molecule has 0 bridgehead atoms. The summed E-state index contributed by atoms with van der Waals surface area (Å²) in [5.74, 6) is -0.892. The van der Waals surface area contributed by atoms with Gasteiger partial charge in [0.2, 0.25) is 0 Å². The van der Waals surface area contributed by atoms with Crippen LogP contribution in [-0.2, 0) is 4.79 Å². The molecule has 0 spiro atoms. The number of aliphatic carboxylic acids is 1. The SMILES string of the molecule is N[C@@H](CCC1=CCCCC1)C(=O)O. The van der Waals surface area contributed by atoms with Crippen molar-refractivity contribution in [3.63, 3.8) is 0 Å². The first-order valence-electron chi connectivity index (χ1n) is 4.86. The van der Waals surface area contributed by atoms with Crippen molar-refractivity contribution in [3.8, 4) is 0 Å². The highest BCUT2D eigenvalue weighted by Gasteiger charge is 2.12. The van der Waals surface area contributed by atoms with E-state index in [-0.39, 0.29) is 0 Å². The minimum atomic E-state index is -0.892. The van der Waals surface area contributed by atoms with E-state index in [4.69, 9.17) is 10.8 Å². The zero-order valence-electron chi connectivity index (χ0n) is 7.83. The highest BCUT2D eigenvalue weighted by Crippen LogP contribution is 2.21. The molecule has 0 aromatic rings. The van der Waals surface area contributed by atoms with Crippen molar-refractivity contribution in [2.75, 3.05) is 0 Å². The topological polar surface area (TPSA) is 63.3 Å². The maximum Gasteiger partial charge on any atom is 0.320 e. The zero-order valence-corrected chi connectivity index (χ0v) is 7.83. The lowest BCUT2D eigenvalue weighted by Gasteiger charge is -2.13. The second-order valence-corrected chi connectivity index (χ2v) is 3.59. The van der Waals surface area contributed by atoms with Gasteiger partial charge in [-0.2, -0.15) is 0 Å². The Morgan fingerprint density at radius 1 is 1.62 bits per heavy atom. The lowest BCUT2D eigenvalue weighted by molar-refractivity contribution is -0.138. The predicted octanol–water partition coefficient (Wildman–Crippen LogP) is 1.68. The molecule has 1 rings (SSSR count). The molecule has 74 valence electrons. The van der Waals surface area contributed by atoms with Gasteiger partial charge in [0.15, 0.2) is 0 Å². The molecule has 1 aliphatic rings. The number of hydrogen-bond donors (Lipinski definition) is 2. The normalized spacial score (nSPS) is 19.3. The van der Waals surface area contributed by atoms with Crippen LogP contribution in [0.4, 0.5) is 0 Å². The minimum absolute atomic E-state index is 0.571. The Hall–Kier alpha value is -0.830. The molecule has 0 fully saturated rings. The van der Waals surface area contributed by atoms with Crippen LogP contribution in [0.2, 0.25) is 0 Å². The fourth-order valence-corrected chi connectivity index (χ4v) is 1.60. The number of carboxylic acids is 1. The van der Waals surface area contributed by atoms with Crippen LogP contribution in [0.25, 0.3) is 0 Å². The average Bonchev–Trinajstić information content (AvgIpc) is 2.15. The number of nitrogens with two attached hydrogens (primary N) is 1. The molecule has 0 amide bonds. The number of carbonyl (C=O) groups is 1. The largest absolute Gasteiger partial charge is 0.480 e. The van der Waals surface area contributed by atoms with E-state index in [1.165, 1.54) is 18.4 Å². The third-order valence-corrected chi connectivity index (χ3v) is 2.48. The van der Waals surface area contributed by atoms with E-state index in [1.54, 1.807) is 0 Å². The molecular formula is C10H17NO2. The lowest BCUT2D eigenvalue weighted by atomic mass is 9.95. The highest BCUT2D eigenvalue weighted by molar-refractivity contribution is 5.73. The summed E-state index contributed by atoms with van der Waals surface area (Å²) in [5.41, 5.74) is 6.80. The van der Waals surface area contributed by atoms with Gasteiger partial charge in [0.25, 0.3) is 0 Å². The first-order chi connectivity index (χ1) is 6.20. The van der Waals surface area contributed by atoms with Crippen LogP contribution < -0.4 is 5.73 Å². The number of allylic oxidation sites excluding steroid dienone is 2. The van der Waals surface area contributed by atoms with Gasteiger partial charge < -0.3 is 10.8 Å². The van der Waals surface area contributed by atoms with Gasteiger partial charge in [-0.05, 0) is 38.5 Å². The molecule has 0 aromatic carbocycles. The summed E-state index contributed by atoms with van der Waals surface area (Å²) in [4.78, 5) is 10.4. The van der Waals surface area contributed by atoms with Crippen LogP contribution in [0.3, 0.4) is 0 Å². The van der Waals surface area contributed by atoms with Crippen molar-refractivity contribution in [1.82, 2.24) is 0 Å². The molecule has 0 aliphatic heterocycles. The Kier molecular flexibility index (Phi) is 3.96. The van der Waals surface area contributed by atoms with Crippen LogP contribution in [0.1, 0.15) is 38.5 Å². The van der Waals surface area contributed by atoms with Crippen LogP contribution in [0.5, 0.6) is 0 Å². The highest BCUT2D eigenvalue weighted by atomic mass is 16.4. The summed E-state index contributed by atoms with van der Waals surface area (Å²) in [7, 11) is 0. The summed E-state index contributed by atoms with van der Waals surface area (Å²) in [6.45, 7) is 0. The first-order valence-corrected chi connectivity index (χ1v) is 4.86. The molecule has 13 heavy (non-hydrogen) atoms. The van der Waals surface area contributed by atoms with Crippen molar-refractivity contribution >= 4 is 5.97 Å². The van der Waals surface area contributed by atoms with Crippen molar-refractivity contribution in [3.05, 3.63) is 11.6 Å². The summed E-state index contributed by atoms with van der Waals surface area (Å²) in [6.07, 6.45) is 8.46. The van der Waals surface area contributed by atoms with E-state index in [2.05, 4.69) is 6.08 Å². The number of hydrogen-bond acceptors (Lipinski definition) is 2. The minimum Gasteiger partial charge on any atom is -0.480 e. The van der Waals surface area contributed by atoms with Gasteiger partial charge >= 0.3 is 5.97 Å². The Balaban J connectivity index is 2.25. The van der Waals surface area contributed by atoms with E-state index in [9.17, 15) is 4.79 Å². The molecule has 0 aromatic heterocycles. The smallest absolute Gasteiger partial charge is 0.320 e. The fourth-order valence-electron chi connectivity index (χ4n) is 1.60. The Bertz CT molecular complexity index is 211. The van der Waals surface area contributed by atoms with Crippen molar-refractivity contribution in [1.29, 1.82) is 0 Å². The van der Waals surface area contributed by atoms with Crippen LogP contribution in [0, 0.1) is 0 Å². The Morgan fingerprint density at radius 3 is 2.92 bits per heavy atom. The Labute approximate surface area is 78.6 Å². The number of carboxylic acid groups (broad SMARTS) is 1. The van der Waals surface area contributed by atoms with Crippen molar-refractivity contribution in [2.24, 2.45) is 5.73 Å². The summed E-state index contributed by atoms with van der Waals surface area (Å²) in [5, 5.41) is 8.57. The van der Waals surface area contributed by atoms with Gasteiger partial charge in [-0.25, -0.2) is 0 Å². The van der Waals surface area contributed by atoms with Crippen LogP contribution >= 0.6 is 0 Å². The molecule has 1 atom stereocenters. The molecule has 3 nitrogen and oxygen atoms in total. The summed E-state index contributed by atoms with van der Waals surface area (Å²) < 4.78 is 0. The number of rotatable bonds is 4. The third-order valence-electron chi connectivity index (χ3n) is 2.48. The van der Waals surface area contributed by atoms with Gasteiger partial charge in [0, 0.05) is 0 Å². The average molecular weight is 183 g/mol. The van der Waals surface area contributed by atoms with Crippen molar-refractivity contribution < 1.29 is 9.90 Å². The maximum absolute atomic E-state index is 10.4. The quantitative estimate of drug-likeness (QED) is 0.652. The van der Waals surface area contributed by atoms with E-state index in [0.717, 1.165) is 19.3 Å². The van der Waals surface area contributed by atoms with Crippen molar-refractivity contribution in [2.45, 2.75) is 44.6 Å². The summed E-state index contributed by atoms with van der Waals surface area (Å²) in [6, 6.07) is -0.692. The maximum atomic E-state index is 10.4. The van der Waals surface area contributed by atoms with Crippen LogP contribution in [-0.4, -0.2) is 17.1 Å². The second kappa shape index (κ2) is 5.02. The predicted molar refractivity (Wildman–Crippen MR) is 51.4 cm³/mol. The van der Waals surface area contributed by atoms with E-state index in [0.29, 0.717) is 6.42 Å². The molecule has 0 saturated carbocycles. The van der Waals surface area contributed by atoms with E-state index < -0.39 is 12.0 Å². The lowest BCUT2D eigenvalue weighted by Crippen LogP contribution is -2.29. The molecule has 0 radical (unpaired) electrons. The zero-order chi connectivity index (χ0) is 9.68. The van der Waals surface area contributed by atoms with Gasteiger partial charge in [0.05, 0.1) is 0 Å². The summed E-state index contributed by atoms with van der Waals surface area (Å²) >= 11 is 0. The molecule has 3 N–H and O–H groups in total. The standard InChI is InChI=1S/C10H17NO2/c11-9(10(12)13)7-6-8-4-2-1-3-5-8/h4,9H,1-3,5-7,11H2,(H,12,13)/t9-/m0/s1. The monoisotopic (exact) mass is 183 g/mol. The van der Waals surface area contributed by atoms with Gasteiger partial charge in [-0.1, -0.05) is 11.6 Å². The van der Waals surface area contributed by atoms with E-state index >= 15 is 0 Å². The van der Waals surface area contributed by atoms with E-state index in [1.807, 2.05) is 0 Å².